The molecule has 0 saturated heterocycles. The maximum atomic E-state index is 11.8. The number of aliphatic carboxylic acids is 1. The average molecular weight is 270 g/mol. The van der Waals surface area contributed by atoms with E-state index in [1.165, 1.54) is 6.42 Å². The van der Waals surface area contributed by atoms with Crippen LogP contribution in [0.15, 0.2) is 0 Å². The number of carboxylic acid groups (broad SMARTS) is 1. The first-order chi connectivity index (χ1) is 9.04. The van der Waals surface area contributed by atoms with Gasteiger partial charge in [-0.2, -0.15) is 0 Å². The molecule has 5 nitrogen and oxygen atoms in total. The van der Waals surface area contributed by atoms with Gasteiger partial charge in [-0.1, -0.05) is 26.2 Å². The quantitative estimate of drug-likeness (QED) is 0.654. The Bertz CT molecular complexity index is 301. The Hall–Kier alpha value is -1.10. The molecule has 1 aliphatic rings. The van der Waals surface area contributed by atoms with E-state index in [1.807, 2.05) is 6.92 Å². The van der Waals surface area contributed by atoms with Crippen LogP contribution in [-0.4, -0.2) is 29.6 Å². The minimum absolute atomic E-state index is 0.0853. The van der Waals surface area contributed by atoms with Crippen LogP contribution in [0, 0.1) is 11.8 Å². The lowest BCUT2D eigenvalue weighted by Gasteiger charge is -2.28. The van der Waals surface area contributed by atoms with E-state index in [-0.39, 0.29) is 11.8 Å². The molecule has 1 rings (SSSR count). The normalized spacial score (nSPS) is 19.7. The van der Waals surface area contributed by atoms with Crippen LogP contribution in [-0.2, 0) is 9.59 Å². The largest absolute Gasteiger partial charge is 0.480 e. The molecule has 2 unspecified atom stereocenters. The summed E-state index contributed by atoms with van der Waals surface area (Å²) in [5.74, 6) is -0.698. The summed E-state index contributed by atoms with van der Waals surface area (Å²) in [6.07, 6.45) is 6.16. The van der Waals surface area contributed by atoms with Crippen molar-refractivity contribution in [2.24, 2.45) is 17.6 Å². The van der Waals surface area contributed by atoms with Crippen molar-refractivity contribution >= 4 is 11.9 Å². The second-order valence-corrected chi connectivity index (χ2v) is 5.66. The van der Waals surface area contributed by atoms with E-state index in [0.29, 0.717) is 25.3 Å². The summed E-state index contributed by atoms with van der Waals surface area (Å²) in [5.41, 5.74) is 5.50. The highest BCUT2D eigenvalue weighted by Crippen LogP contribution is 2.26. The Labute approximate surface area is 114 Å². The first-order valence-electron chi connectivity index (χ1n) is 7.26. The third-order valence-corrected chi connectivity index (χ3v) is 3.97. The molecule has 4 N–H and O–H groups in total. The van der Waals surface area contributed by atoms with Crippen molar-refractivity contribution < 1.29 is 14.7 Å². The Kier molecular flexibility index (Phi) is 6.84. The van der Waals surface area contributed by atoms with E-state index < -0.39 is 12.0 Å². The molecule has 0 spiro atoms. The lowest BCUT2D eigenvalue weighted by molar-refractivity contribution is -0.143. The van der Waals surface area contributed by atoms with Crippen molar-refractivity contribution in [3.63, 3.8) is 0 Å². The van der Waals surface area contributed by atoms with E-state index in [9.17, 15) is 14.7 Å². The number of amides is 1. The van der Waals surface area contributed by atoms with Gasteiger partial charge in [-0.15, -0.1) is 0 Å². The molecule has 19 heavy (non-hydrogen) atoms. The van der Waals surface area contributed by atoms with Gasteiger partial charge in [-0.3, -0.25) is 4.79 Å². The predicted molar refractivity (Wildman–Crippen MR) is 73.6 cm³/mol. The molecule has 0 bridgehead atoms. The number of carbonyl (C=O) groups excluding carboxylic acids is 1. The first kappa shape index (κ1) is 16.0. The summed E-state index contributed by atoms with van der Waals surface area (Å²) in [6, 6.07) is -0.721. The average Bonchev–Trinajstić information content (AvgIpc) is 2.42. The predicted octanol–water partition coefficient (Wildman–Crippen LogP) is 1.51. The molecule has 110 valence electrons. The lowest BCUT2D eigenvalue weighted by Crippen LogP contribution is -2.46. The maximum absolute atomic E-state index is 11.8. The molecule has 1 saturated carbocycles. The van der Waals surface area contributed by atoms with Gasteiger partial charge in [0.1, 0.15) is 6.04 Å². The van der Waals surface area contributed by atoms with Crippen molar-refractivity contribution in [2.75, 3.05) is 6.54 Å². The van der Waals surface area contributed by atoms with E-state index in [1.54, 1.807) is 0 Å². The zero-order valence-electron chi connectivity index (χ0n) is 11.7. The Morgan fingerprint density at radius 2 is 1.95 bits per heavy atom. The van der Waals surface area contributed by atoms with Crippen molar-refractivity contribution in [1.82, 2.24) is 5.32 Å². The van der Waals surface area contributed by atoms with Gasteiger partial charge in [-0.05, 0) is 37.6 Å². The molecular weight excluding hydrogens is 244 g/mol. The monoisotopic (exact) mass is 270 g/mol. The summed E-state index contributed by atoms with van der Waals surface area (Å²) < 4.78 is 0. The molecular formula is C14H26N2O3. The standard InChI is InChI=1S/C14H26N2O3/c1-10(9-15)7-8-12(17)16-13(14(18)19)11-5-3-2-4-6-11/h10-11,13H,2-9,15H2,1H3,(H,16,17)(H,18,19). The van der Waals surface area contributed by atoms with Gasteiger partial charge < -0.3 is 16.2 Å². The zero-order valence-corrected chi connectivity index (χ0v) is 11.7. The SMILES string of the molecule is CC(CN)CCC(=O)NC(C(=O)O)C1CCCCC1. The molecule has 1 amide bonds. The summed E-state index contributed by atoms with van der Waals surface area (Å²) in [6.45, 7) is 2.54. The third-order valence-electron chi connectivity index (χ3n) is 3.97. The molecule has 5 heteroatoms. The second kappa shape index (κ2) is 8.15. The number of nitrogens with one attached hydrogen (secondary N) is 1. The van der Waals surface area contributed by atoms with Crippen molar-refractivity contribution in [2.45, 2.75) is 57.9 Å². The number of rotatable bonds is 7. The summed E-state index contributed by atoms with van der Waals surface area (Å²) >= 11 is 0. The van der Waals surface area contributed by atoms with Crippen LogP contribution in [0.3, 0.4) is 0 Å². The van der Waals surface area contributed by atoms with Gasteiger partial charge in [0.05, 0.1) is 0 Å². The smallest absolute Gasteiger partial charge is 0.326 e. The number of hydrogen-bond acceptors (Lipinski definition) is 3. The van der Waals surface area contributed by atoms with Gasteiger partial charge >= 0.3 is 5.97 Å². The summed E-state index contributed by atoms with van der Waals surface area (Å²) in [5, 5.41) is 11.9. The number of hydrogen-bond donors (Lipinski definition) is 3. The summed E-state index contributed by atoms with van der Waals surface area (Å²) in [4.78, 5) is 23.1. The second-order valence-electron chi connectivity index (χ2n) is 5.66. The molecule has 0 radical (unpaired) electrons. The van der Waals surface area contributed by atoms with Gasteiger partial charge in [0.25, 0.3) is 0 Å². The minimum Gasteiger partial charge on any atom is -0.480 e. The topological polar surface area (TPSA) is 92.4 Å². The molecule has 0 aromatic carbocycles. The molecule has 1 fully saturated rings. The van der Waals surface area contributed by atoms with E-state index in [4.69, 9.17) is 5.73 Å². The van der Waals surface area contributed by atoms with E-state index >= 15 is 0 Å². The zero-order chi connectivity index (χ0) is 14.3. The number of carbonyl (C=O) groups is 2. The highest BCUT2D eigenvalue weighted by atomic mass is 16.4. The van der Waals surface area contributed by atoms with Crippen LogP contribution in [0.4, 0.5) is 0 Å². The molecule has 2 atom stereocenters. The van der Waals surface area contributed by atoms with Crippen molar-refractivity contribution in [3.05, 3.63) is 0 Å². The fourth-order valence-corrected chi connectivity index (χ4v) is 2.59. The molecule has 0 aromatic rings. The van der Waals surface area contributed by atoms with Crippen molar-refractivity contribution in [1.29, 1.82) is 0 Å². The Morgan fingerprint density at radius 1 is 1.32 bits per heavy atom. The molecule has 0 aromatic heterocycles. The highest BCUT2D eigenvalue weighted by molar-refractivity contribution is 5.83. The van der Waals surface area contributed by atoms with Gasteiger partial charge in [0.15, 0.2) is 0 Å². The molecule has 0 aliphatic heterocycles. The van der Waals surface area contributed by atoms with Crippen molar-refractivity contribution in [3.8, 4) is 0 Å². The molecule has 1 aliphatic carbocycles. The van der Waals surface area contributed by atoms with Crippen LogP contribution in [0.1, 0.15) is 51.9 Å². The highest BCUT2D eigenvalue weighted by Gasteiger charge is 2.30. The van der Waals surface area contributed by atoms with Crippen LogP contribution in [0.5, 0.6) is 0 Å². The van der Waals surface area contributed by atoms with Crippen LogP contribution < -0.4 is 11.1 Å². The van der Waals surface area contributed by atoms with Gasteiger partial charge in [-0.25, -0.2) is 4.79 Å². The first-order valence-corrected chi connectivity index (χ1v) is 7.26. The fraction of sp³-hybridized carbons (Fsp3) is 0.857. The Morgan fingerprint density at radius 3 is 2.47 bits per heavy atom. The van der Waals surface area contributed by atoms with Crippen LogP contribution in [0.25, 0.3) is 0 Å². The summed E-state index contributed by atoms with van der Waals surface area (Å²) in [7, 11) is 0. The van der Waals surface area contributed by atoms with E-state index in [0.717, 1.165) is 25.7 Å². The fourth-order valence-electron chi connectivity index (χ4n) is 2.59. The van der Waals surface area contributed by atoms with Crippen LogP contribution in [0.2, 0.25) is 0 Å². The van der Waals surface area contributed by atoms with Crippen LogP contribution >= 0.6 is 0 Å². The maximum Gasteiger partial charge on any atom is 0.326 e. The number of nitrogens with two attached hydrogens (primary N) is 1. The Balaban J connectivity index is 2.44. The lowest BCUT2D eigenvalue weighted by atomic mass is 9.84. The van der Waals surface area contributed by atoms with E-state index in [2.05, 4.69) is 5.32 Å². The van der Waals surface area contributed by atoms with Gasteiger partial charge in [0, 0.05) is 6.42 Å². The third kappa shape index (κ3) is 5.59. The molecule has 0 heterocycles. The van der Waals surface area contributed by atoms with Gasteiger partial charge in [0.2, 0.25) is 5.91 Å². The number of carboxylic acids is 1. The minimum atomic E-state index is -0.910.